The number of allylic oxidation sites excluding steroid dienone is 1. The van der Waals surface area contributed by atoms with E-state index in [1.165, 1.54) is 13.3 Å². The Kier molecular flexibility index (Phi) is 8.28. The molecule has 0 saturated carbocycles. The molecule has 0 aliphatic carbocycles. The van der Waals surface area contributed by atoms with E-state index in [0.29, 0.717) is 23.6 Å². The molecule has 0 radical (unpaired) electrons. The highest BCUT2D eigenvalue weighted by atomic mass is 19.3. The van der Waals surface area contributed by atoms with Crippen LogP contribution in [0, 0.1) is 5.82 Å². The minimum atomic E-state index is -2.85. The van der Waals surface area contributed by atoms with Gasteiger partial charge in [-0.15, -0.1) is 0 Å². The van der Waals surface area contributed by atoms with E-state index in [0.717, 1.165) is 24.6 Å². The maximum Gasteiger partial charge on any atom is 0.264 e. The lowest BCUT2D eigenvalue weighted by Gasteiger charge is -2.19. The summed E-state index contributed by atoms with van der Waals surface area (Å²) in [6.07, 6.45) is 0.599. The van der Waals surface area contributed by atoms with Crippen LogP contribution in [-0.2, 0) is 4.79 Å². The number of hydrogen-bond donors (Lipinski definition) is 4. The largest absolute Gasteiger partial charge is 0.404 e. The Morgan fingerprint density at radius 3 is 2.57 bits per heavy atom. The van der Waals surface area contributed by atoms with E-state index in [2.05, 4.69) is 20.9 Å². The average molecular weight is 419 g/mol. The summed E-state index contributed by atoms with van der Waals surface area (Å²) in [5.74, 6) is -0.730. The third-order valence-corrected chi connectivity index (χ3v) is 4.30. The fraction of sp³-hybridized carbons (Fsp3) is 0.238. The van der Waals surface area contributed by atoms with Crippen LogP contribution in [-0.4, -0.2) is 33.1 Å². The molecular formula is C21H24F3N5O. The van der Waals surface area contributed by atoms with Gasteiger partial charge in [0.25, 0.3) is 6.43 Å². The maximum atomic E-state index is 14.8. The second-order valence-electron chi connectivity index (χ2n) is 6.21. The third kappa shape index (κ3) is 5.31. The quantitative estimate of drug-likeness (QED) is 0.258. The molecule has 0 bridgehead atoms. The van der Waals surface area contributed by atoms with Gasteiger partial charge < -0.3 is 26.5 Å². The normalized spacial score (nSPS) is 11.7. The molecule has 160 valence electrons. The smallest absolute Gasteiger partial charge is 0.264 e. The number of hydrogen-bond acceptors (Lipinski definition) is 6. The number of nitrogens with zero attached hydrogens (tertiary/aromatic N) is 1. The van der Waals surface area contributed by atoms with Crippen LogP contribution in [0.25, 0.3) is 5.57 Å². The van der Waals surface area contributed by atoms with Crippen molar-refractivity contribution in [3.63, 3.8) is 0 Å². The zero-order valence-corrected chi connectivity index (χ0v) is 16.7. The summed E-state index contributed by atoms with van der Waals surface area (Å²) in [5, 5.41) is 8.96. The van der Waals surface area contributed by atoms with E-state index in [4.69, 9.17) is 5.73 Å². The number of para-hydroxylation sites is 1. The predicted octanol–water partition coefficient (Wildman–Crippen LogP) is 4.55. The van der Waals surface area contributed by atoms with Gasteiger partial charge in [0.1, 0.15) is 12.1 Å². The molecule has 0 amide bonds. The first-order chi connectivity index (χ1) is 14.5. The lowest BCUT2D eigenvalue weighted by Crippen LogP contribution is -2.08. The number of carbonyl (C=O) groups excluding carboxylic acids is 1. The number of aliphatic imine (C=N–C) groups is 1. The van der Waals surface area contributed by atoms with Crippen LogP contribution >= 0.6 is 0 Å². The van der Waals surface area contributed by atoms with Gasteiger partial charge in [0.05, 0.1) is 22.7 Å². The number of halogens is 3. The lowest BCUT2D eigenvalue weighted by atomic mass is 9.99. The number of aldehydes is 1. The van der Waals surface area contributed by atoms with E-state index in [1.807, 2.05) is 0 Å². The summed E-state index contributed by atoms with van der Waals surface area (Å²) < 4.78 is 42.2. The number of nitrogens with one attached hydrogen (secondary N) is 3. The topological polar surface area (TPSA) is 91.5 Å². The van der Waals surface area contributed by atoms with Crippen LogP contribution in [0.2, 0.25) is 0 Å². The van der Waals surface area contributed by atoms with E-state index in [9.17, 15) is 18.0 Å². The first-order valence-electron chi connectivity index (χ1n) is 9.18. The zero-order valence-electron chi connectivity index (χ0n) is 16.7. The van der Waals surface area contributed by atoms with Crippen LogP contribution < -0.4 is 21.7 Å². The van der Waals surface area contributed by atoms with Gasteiger partial charge in [-0.1, -0.05) is 6.07 Å². The Balaban J connectivity index is 2.51. The molecule has 0 aliphatic heterocycles. The van der Waals surface area contributed by atoms with Crippen LogP contribution in [0.5, 0.6) is 0 Å². The van der Waals surface area contributed by atoms with Gasteiger partial charge in [0.2, 0.25) is 0 Å². The summed E-state index contributed by atoms with van der Waals surface area (Å²) in [5.41, 5.74) is 6.91. The van der Waals surface area contributed by atoms with Crippen LogP contribution in [0.15, 0.2) is 41.5 Å². The molecule has 5 N–H and O–H groups in total. The third-order valence-electron chi connectivity index (χ3n) is 4.30. The van der Waals surface area contributed by atoms with Crippen molar-refractivity contribution in [2.24, 2.45) is 10.7 Å². The number of benzene rings is 2. The molecule has 0 atom stereocenters. The van der Waals surface area contributed by atoms with Crippen molar-refractivity contribution in [2.75, 3.05) is 36.6 Å². The first-order valence-corrected chi connectivity index (χ1v) is 9.18. The Bertz CT molecular complexity index is 944. The second-order valence-corrected chi connectivity index (χ2v) is 6.21. The highest BCUT2D eigenvalue weighted by molar-refractivity contribution is 6.10. The average Bonchev–Trinajstić information content (AvgIpc) is 2.74. The molecule has 0 unspecified atom stereocenters. The minimum Gasteiger partial charge on any atom is -0.404 e. The fourth-order valence-corrected chi connectivity index (χ4v) is 2.91. The van der Waals surface area contributed by atoms with E-state index in [1.54, 1.807) is 25.2 Å². The maximum absolute atomic E-state index is 14.8. The molecule has 30 heavy (non-hydrogen) atoms. The molecule has 0 fully saturated rings. The monoisotopic (exact) mass is 419 g/mol. The standard InChI is InChI=1S/C21H24F3N5O/c1-26-12-13(11-25)14-9-16(22)19(10-15(14)21(23)24)29-18-6-3-5-17(27-2)20(18)28-7-4-8-30/h3,5-6,8-12,21,27-29H,4,7,25H2,1-2H3. The van der Waals surface area contributed by atoms with Crippen LogP contribution in [0.1, 0.15) is 24.0 Å². The SMILES string of the molecule is CN=CC(=CN)c1cc(F)c(Nc2cccc(NC)c2NCCC=O)cc1C(F)F. The molecule has 0 spiro atoms. The number of anilines is 4. The summed E-state index contributed by atoms with van der Waals surface area (Å²) >= 11 is 0. The number of nitrogens with two attached hydrogens (primary N) is 1. The zero-order chi connectivity index (χ0) is 22.1. The van der Waals surface area contributed by atoms with Crippen molar-refractivity contribution >= 4 is 40.8 Å². The number of alkyl halides is 2. The van der Waals surface area contributed by atoms with Crippen LogP contribution in [0.3, 0.4) is 0 Å². The van der Waals surface area contributed by atoms with E-state index < -0.39 is 12.2 Å². The Morgan fingerprint density at radius 1 is 1.23 bits per heavy atom. The number of carbonyl (C=O) groups is 1. The number of rotatable bonds is 10. The summed E-state index contributed by atoms with van der Waals surface area (Å²) in [6, 6.07) is 7.26. The molecule has 6 nitrogen and oxygen atoms in total. The van der Waals surface area contributed by atoms with Gasteiger partial charge in [0.15, 0.2) is 0 Å². The highest BCUT2D eigenvalue weighted by Crippen LogP contribution is 2.36. The van der Waals surface area contributed by atoms with Crippen LogP contribution in [0.4, 0.5) is 35.9 Å². The molecule has 0 heterocycles. The Morgan fingerprint density at radius 2 is 1.97 bits per heavy atom. The molecule has 2 aromatic carbocycles. The van der Waals surface area contributed by atoms with E-state index in [-0.39, 0.29) is 28.8 Å². The van der Waals surface area contributed by atoms with Gasteiger partial charge in [-0.2, -0.15) is 0 Å². The van der Waals surface area contributed by atoms with Gasteiger partial charge in [0, 0.05) is 50.6 Å². The fourth-order valence-electron chi connectivity index (χ4n) is 2.91. The lowest BCUT2D eigenvalue weighted by molar-refractivity contribution is -0.107. The minimum absolute atomic E-state index is 0.0329. The van der Waals surface area contributed by atoms with Gasteiger partial charge in [-0.25, -0.2) is 13.2 Å². The first kappa shape index (κ1) is 22.8. The second kappa shape index (κ2) is 10.9. The molecule has 0 aliphatic rings. The molecular weight excluding hydrogens is 395 g/mol. The molecule has 0 aromatic heterocycles. The van der Waals surface area contributed by atoms with Crippen molar-refractivity contribution in [3.05, 3.63) is 53.5 Å². The summed E-state index contributed by atoms with van der Waals surface area (Å²) in [7, 11) is 3.18. The molecule has 2 rings (SSSR count). The summed E-state index contributed by atoms with van der Waals surface area (Å²) in [6.45, 7) is 0.363. The molecule has 2 aromatic rings. The molecule has 0 saturated heterocycles. The Hall–Kier alpha value is -3.49. The molecule has 9 heteroatoms. The van der Waals surface area contributed by atoms with Crippen molar-refractivity contribution in [2.45, 2.75) is 12.8 Å². The summed E-state index contributed by atoms with van der Waals surface area (Å²) in [4.78, 5) is 14.4. The highest BCUT2D eigenvalue weighted by Gasteiger charge is 2.20. The Labute approximate surface area is 173 Å². The predicted molar refractivity (Wildman–Crippen MR) is 116 cm³/mol. The van der Waals surface area contributed by atoms with Gasteiger partial charge in [-0.05, 0) is 29.8 Å². The van der Waals surface area contributed by atoms with Crippen molar-refractivity contribution < 1.29 is 18.0 Å². The van der Waals surface area contributed by atoms with Crippen molar-refractivity contribution in [1.82, 2.24) is 0 Å². The van der Waals surface area contributed by atoms with Gasteiger partial charge >= 0.3 is 0 Å². The van der Waals surface area contributed by atoms with Crippen molar-refractivity contribution in [3.8, 4) is 0 Å². The van der Waals surface area contributed by atoms with Crippen molar-refractivity contribution in [1.29, 1.82) is 0 Å². The van der Waals surface area contributed by atoms with E-state index >= 15 is 0 Å². The van der Waals surface area contributed by atoms with Gasteiger partial charge in [-0.3, -0.25) is 4.99 Å².